The predicted octanol–water partition coefficient (Wildman–Crippen LogP) is 2.04. The third kappa shape index (κ3) is 2.68. The van der Waals surface area contributed by atoms with Crippen molar-refractivity contribution in [2.45, 2.75) is 26.7 Å². The van der Waals surface area contributed by atoms with Gasteiger partial charge in [0.1, 0.15) is 0 Å². The molecule has 0 radical (unpaired) electrons. The second kappa shape index (κ2) is 4.21. The number of carbonyl (C=O) groups is 1. The minimum absolute atomic E-state index is 0.197. The third-order valence-corrected chi connectivity index (χ3v) is 2.26. The van der Waals surface area contributed by atoms with Crippen molar-refractivity contribution >= 4 is 5.78 Å². The van der Waals surface area contributed by atoms with Crippen LogP contribution in [0.15, 0.2) is 12.4 Å². The second-order valence-electron chi connectivity index (χ2n) is 3.54. The van der Waals surface area contributed by atoms with E-state index in [0.717, 1.165) is 12.0 Å². The lowest BCUT2D eigenvalue weighted by atomic mass is 10.00. The fraction of sp³-hybridized carbons (Fsp3) is 0.600. The molecule has 0 bridgehead atoms. The Labute approximate surface area is 78.8 Å². The van der Waals surface area contributed by atoms with Crippen molar-refractivity contribution in [1.29, 1.82) is 0 Å². The van der Waals surface area contributed by atoms with E-state index < -0.39 is 0 Å². The van der Waals surface area contributed by atoms with Gasteiger partial charge in [0.05, 0.1) is 11.8 Å². The molecule has 1 aromatic rings. The van der Waals surface area contributed by atoms with E-state index in [9.17, 15) is 4.79 Å². The largest absolute Gasteiger partial charge is 0.294 e. The van der Waals surface area contributed by atoms with Gasteiger partial charge >= 0.3 is 0 Å². The lowest BCUT2D eigenvalue weighted by Gasteiger charge is -2.04. The van der Waals surface area contributed by atoms with Crippen LogP contribution in [0.1, 0.15) is 37.0 Å². The molecular formula is C10H16N2O. The molecule has 0 N–H and O–H groups in total. The quantitative estimate of drug-likeness (QED) is 0.664. The summed E-state index contributed by atoms with van der Waals surface area (Å²) in [6.07, 6.45) is 5.07. The van der Waals surface area contributed by atoms with E-state index in [-0.39, 0.29) is 5.78 Å². The van der Waals surface area contributed by atoms with Crippen molar-refractivity contribution in [3.63, 3.8) is 0 Å². The Morgan fingerprint density at radius 3 is 2.85 bits per heavy atom. The third-order valence-electron chi connectivity index (χ3n) is 2.26. The lowest BCUT2D eigenvalue weighted by molar-refractivity contribution is 0.0963. The number of rotatable bonds is 4. The standard InChI is InChI=1S/C10H16N2O/c1-4-8(2)5-10(13)9-6-11-12(3)7-9/h6-8H,4-5H2,1-3H3. The summed E-state index contributed by atoms with van der Waals surface area (Å²) in [5.74, 6) is 0.662. The van der Waals surface area contributed by atoms with Crippen LogP contribution in [0.4, 0.5) is 0 Å². The molecule has 0 spiro atoms. The molecule has 0 aromatic carbocycles. The normalized spacial score (nSPS) is 12.8. The molecule has 1 atom stereocenters. The molecule has 0 saturated heterocycles. The van der Waals surface area contributed by atoms with Crippen LogP contribution in [0.3, 0.4) is 0 Å². The highest BCUT2D eigenvalue weighted by Crippen LogP contribution is 2.11. The minimum Gasteiger partial charge on any atom is -0.294 e. The van der Waals surface area contributed by atoms with Gasteiger partial charge in [-0.2, -0.15) is 5.10 Å². The molecule has 0 aliphatic carbocycles. The zero-order chi connectivity index (χ0) is 9.84. The maximum atomic E-state index is 11.6. The monoisotopic (exact) mass is 180 g/mol. The molecule has 0 aliphatic heterocycles. The second-order valence-corrected chi connectivity index (χ2v) is 3.54. The van der Waals surface area contributed by atoms with Gasteiger partial charge < -0.3 is 0 Å². The molecule has 13 heavy (non-hydrogen) atoms. The average molecular weight is 180 g/mol. The van der Waals surface area contributed by atoms with Crippen LogP contribution in [0.2, 0.25) is 0 Å². The molecule has 72 valence electrons. The molecule has 0 aliphatic rings. The van der Waals surface area contributed by atoms with Gasteiger partial charge in [0.2, 0.25) is 0 Å². The highest BCUT2D eigenvalue weighted by atomic mass is 16.1. The molecule has 1 unspecified atom stereocenters. The fourth-order valence-electron chi connectivity index (χ4n) is 1.14. The Hall–Kier alpha value is -1.12. The van der Waals surface area contributed by atoms with Crippen LogP contribution in [0.25, 0.3) is 0 Å². The molecule has 3 nitrogen and oxygen atoms in total. The Balaban J connectivity index is 2.58. The predicted molar refractivity (Wildman–Crippen MR) is 51.6 cm³/mol. The minimum atomic E-state index is 0.197. The average Bonchev–Trinajstić information content (AvgIpc) is 2.51. The number of Topliss-reactive ketones (excluding diaryl/α,β-unsaturated/α-hetero) is 1. The Morgan fingerprint density at radius 2 is 2.38 bits per heavy atom. The zero-order valence-corrected chi connectivity index (χ0v) is 8.45. The number of carbonyl (C=O) groups excluding carboxylic acids is 1. The molecule has 0 saturated carbocycles. The van der Waals surface area contributed by atoms with Crippen LogP contribution < -0.4 is 0 Å². The van der Waals surface area contributed by atoms with E-state index in [4.69, 9.17) is 0 Å². The summed E-state index contributed by atoms with van der Waals surface area (Å²) in [7, 11) is 1.82. The summed E-state index contributed by atoms with van der Waals surface area (Å²) < 4.78 is 1.66. The van der Waals surface area contributed by atoms with E-state index in [2.05, 4.69) is 18.9 Å². The number of aryl methyl sites for hydroxylation is 1. The van der Waals surface area contributed by atoms with Gasteiger partial charge in [-0.05, 0) is 5.92 Å². The summed E-state index contributed by atoms with van der Waals surface area (Å²) in [5, 5.41) is 3.97. The smallest absolute Gasteiger partial charge is 0.166 e. The summed E-state index contributed by atoms with van der Waals surface area (Å²) in [6.45, 7) is 4.19. The SMILES string of the molecule is CCC(C)CC(=O)c1cnn(C)c1. The van der Waals surface area contributed by atoms with Gasteiger partial charge in [0.15, 0.2) is 5.78 Å². The van der Waals surface area contributed by atoms with Crippen LogP contribution in [-0.4, -0.2) is 15.6 Å². The highest BCUT2D eigenvalue weighted by molar-refractivity contribution is 5.95. The number of aromatic nitrogens is 2. The number of hydrogen-bond donors (Lipinski definition) is 0. The lowest BCUT2D eigenvalue weighted by Crippen LogP contribution is -2.04. The van der Waals surface area contributed by atoms with Gasteiger partial charge in [-0.3, -0.25) is 9.48 Å². The van der Waals surface area contributed by atoms with Crippen molar-refractivity contribution < 1.29 is 4.79 Å². The molecule has 1 aromatic heterocycles. The number of nitrogens with zero attached hydrogens (tertiary/aromatic N) is 2. The van der Waals surface area contributed by atoms with Crippen molar-refractivity contribution in [3.05, 3.63) is 18.0 Å². The molecule has 0 fully saturated rings. The van der Waals surface area contributed by atoms with Crippen molar-refractivity contribution in [3.8, 4) is 0 Å². The topological polar surface area (TPSA) is 34.9 Å². The van der Waals surface area contributed by atoms with Crippen LogP contribution in [0.5, 0.6) is 0 Å². The molecular weight excluding hydrogens is 164 g/mol. The maximum absolute atomic E-state index is 11.6. The van der Waals surface area contributed by atoms with E-state index >= 15 is 0 Å². The van der Waals surface area contributed by atoms with E-state index in [1.165, 1.54) is 0 Å². The first-order valence-corrected chi connectivity index (χ1v) is 4.65. The van der Waals surface area contributed by atoms with Crippen molar-refractivity contribution in [2.24, 2.45) is 13.0 Å². The molecule has 1 rings (SSSR count). The molecule has 1 heterocycles. The Kier molecular flexibility index (Phi) is 3.23. The Bertz CT molecular complexity index is 291. The van der Waals surface area contributed by atoms with Gasteiger partial charge in [0, 0.05) is 19.7 Å². The highest BCUT2D eigenvalue weighted by Gasteiger charge is 2.10. The Morgan fingerprint density at radius 1 is 1.69 bits per heavy atom. The van der Waals surface area contributed by atoms with E-state index in [1.54, 1.807) is 17.1 Å². The van der Waals surface area contributed by atoms with Crippen molar-refractivity contribution in [2.75, 3.05) is 0 Å². The first-order valence-electron chi connectivity index (χ1n) is 4.65. The maximum Gasteiger partial charge on any atom is 0.166 e. The van der Waals surface area contributed by atoms with Gasteiger partial charge in [0.25, 0.3) is 0 Å². The summed E-state index contributed by atoms with van der Waals surface area (Å²) in [5.41, 5.74) is 0.725. The van der Waals surface area contributed by atoms with E-state index in [0.29, 0.717) is 12.3 Å². The summed E-state index contributed by atoms with van der Waals surface area (Å²) >= 11 is 0. The fourth-order valence-corrected chi connectivity index (χ4v) is 1.14. The van der Waals surface area contributed by atoms with Crippen LogP contribution in [0, 0.1) is 5.92 Å². The zero-order valence-electron chi connectivity index (χ0n) is 8.45. The van der Waals surface area contributed by atoms with Gasteiger partial charge in [-0.1, -0.05) is 20.3 Å². The molecule has 3 heteroatoms. The van der Waals surface area contributed by atoms with Crippen LogP contribution in [-0.2, 0) is 7.05 Å². The number of ketones is 1. The first-order chi connectivity index (χ1) is 6.13. The van der Waals surface area contributed by atoms with Gasteiger partial charge in [-0.15, -0.1) is 0 Å². The number of hydrogen-bond acceptors (Lipinski definition) is 2. The van der Waals surface area contributed by atoms with E-state index in [1.807, 2.05) is 7.05 Å². The molecule has 0 amide bonds. The van der Waals surface area contributed by atoms with Crippen molar-refractivity contribution in [1.82, 2.24) is 9.78 Å². The van der Waals surface area contributed by atoms with Crippen LogP contribution >= 0.6 is 0 Å². The summed E-state index contributed by atoms with van der Waals surface area (Å²) in [4.78, 5) is 11.6. The van der Waals surface area contributed by atoms with Gasteiger partial charge in [-0.25, -0.2) is 0 Å². The summed E-state index contributed by atoms with van der Waals surface area (Å²) in [6, 6.07) is 0. The first kappa shape index (κ1) is 9.96.